The zero-order valence-electron chi connectivity index (χ0n) is 29.4. The molecular formula is C43H40N2O8S. The fraction of sp³-hybridized carbons (Fsp3) is 0.209. The van der Waals surface area contributed by atoms with Gasteiger partial charge in [-0.05, 0) is 38.9 Å². The summed E-state index contributed by atoms with van der Waals surface area (Å²) in [7, 11) is 0. The van der Waals surface area contributed by atoms with Gasteiger partial charge in [-0.3, -0.25) is 0 Å². The molecule has 2 atom stereocenters. The molecule has 0 radical (unpaired) electrons. The highest BCUT2D eigenvalue weighted by molar-refractivity contribution is 7.99. The number of ether oxygens (including phenoxy) is 4. The van der Waals surface area contributed by atoms with Crippen LogP contribution in [-0.4, -0.2) is 54.3 Å². The number of esters is 2. The number of amides is 2. The lowest BCUT2D eigenvalue weighted by Crippen LogP contribution is -2.46. The van der Waals surface area contributed by atoms with E-state index in [0.29, 0.717) is 0 Å². The average Bonchev–Trinajstić information content (AvgIpc) is 3.54. The quantitative estimate of drug-likeness (QED) is 0.0784. The van der Waals surface area contributed by atoms with Crippen LogP contribution in [0.25, 0.3) is 11.1 Å². The van der Waals surface area contributed by atoms with Crippen molar-refractivity contribution in [1.82, 2.24) is 10.6 Å². The van der Waals surface area contributed by atoms with Gasteiger partial charge in [0, 0.05) is 17.4 Å². The van der Waals surface area contributed by atoms with Crippen LogP contribution in [0.1, 0.15) is 33.7 Å². The van der Waals surface area contributed by atoms with E-state index in [2.05, 4.69) is 10.6 Å². The van der Waals surface area contributed by atoms with Crippen LogP contribution >= 0.6 is 11.8 Å². The van der Waals surface area contributed by atoms with Gasteiger partial charge in [0.15, 0.2) is 0 Å². The average molecular weight is 745 g/mol. The van der Waals surface area contributed by atoms with Crippen molar-refractivity contribution in [3.8, 4) is 11.1 Å². The predicted molar refractivity (Wildman–Crippen MR) is 205 cm³/mol. The summed E-state index contributed by atoms with van der Waals surface area (Å²) in [6.07, 6.45) is -1.60. The fourth-order valence-corrected chi connectivity index (χ4v) is 7.04. The van der Waals surface area contributed by atoms with Gasteiger partial charge in [0.25, 0.3) is 0 Å². The molecule has 0 saturated carbocycles. The molecule has 0 aliphatic heterocycles. The Morgan fingerprint density at radius 1 is 0.481 bits per heavy atom. The summed E-state index contributed by atoms with van der Waals surface area (Å²) in [5.74, 6) is -1.53. The van der Waals surface area contributed by atoms with E-state index in [9.17, 15) is 19.2 Å². The number of alkyl carbamates (subject to hydrolysis) is 2. The maximum atomic E-state index is 13.4. The summed E-state index contributed by atoms with van der Waals surface area (Å²) in [6.45, 7) is 0.0595. The second-order valence-electron chi connectivity index (χ2n) is 12.5. The van der Waals surface area contributed by atoms with Crippen molar-refractivity contribution in [2.45, 2.75) is 37.8 Å². The lowest BCUT2D eigenvalue weighted by molar-refractivity contribution is -0.147. The Labute approximate surface area is 318 Å². The molecular weight excluding hydrogens is 705 g/mol. The van der Waals surface area contributed by atoms with Crippen molar-refractivity contribution < 1.29 is 38.1 Å². The Hall–Kier alpha value is -6.07. The molecule has 2 N–H and O–H groups in total. The molecule has 0 unspecified atom stereocenters. The van der Waals surface area contributed by atoms with Gasteiger partial charge in [-0.15, -0.1) is 0 Å². The molecule has 0 bridgehead atoms. The summed E-state index contributed by atoms with van der Waals surface area (Å²) in [5.41, 5.74) is 6.63. The SMILES string of the molecule is O=C(N[C@@H](CSC[C@@H](NC(=O)OCC1c2ccccc2-c2ccccc21)C(=O)OCc1ccccc1)C(=O)OCc1ccccc1)OCc1ccccc1. The molecule has 0 aromatic heterocycles. The van der Waals surface area contributed by atoms with Crippen molar-refractivity contribution in [3.63, 3.8) is 0 Å². The molecule has 54 heavy (non-hydrogen) atoms. The minimum absolute atomic E-state index is 0.000635. The third kappa shape index (κ3) is 10.5. The Morgan fingerprint density at radius 3 is 1.30 bits per heavy atom. The standard InChI is InChI=1S/C43H40N2O8S/c46-40(50-24-30-14-4-1-5-15-30)38(44-42(48)52-26-32-18-8-3-9-19-32)28-54-29-39(41(47)51-25-31-16-6-2-7-17-31)45-43(49)53-27-37-35-22-12-10-20-33(35)34-21-11-13-23-36(34)37/h1-23,37-39H,24-29H2,(H,44,48)(H,45,49)/t38-,39+/m0/s1. The van der Waals surface area contributed by atoms with Crippen LogP contribution in [0.4, 0.5) is 9.59 Å². The molecule has 0 spiro atoms. The first-order valence-corrected chi connectivity index (χ1v) is 18.7. The second-order valence-corrected chi connectivity index (χ2v) is 13.6. The number of hydrogen-bond donors (Lipinski definition) is 2. The minimum Gasteiger partial charge on any atom is -0.459 e. The Morgan fingerprint density at radius 2 is 0.852 bits per heavy atom. The Kier molecular flexibility index (Phi) is 13.4. The molecule has 276 valence electrons. The van der Waals surface area contributed by atoms with E-state index >= 15 is 0 Å². The lowest BCUT2D eigenvalue weighted by atomic mass is 9.98. The van der Waals surface area contributed by atoms with Crippen LogP contribution in [0.3, 0.4) is 0 Å². The number of benzene rings is 5. The number of hydrogen-bond acceptors (Lipinski definition) is 9. The van der Waals surface area contributed by atoms with Gasteiger partial charge in [0.05, 0.1) is 0 Å². The molecule has 0 heterocycles. The van der Waals surface area contributed by atoms with Gasteiger partial charge in [0.1, 0.15) is 38.5 Å². The zero-order valence-corrected chi connectivity index (χ0v) is 30.2. The highest BCUT2D eigenvalue weighted by Crippen LogP contribution is 2.44. The number of thioether (sulfide) groups is 1. The normalized spacial score (nSPS) is 12.7. The lowest BCUT2D eigenvalue weighted by Gasteiger charge is -2.21. The first-order chi connectivity index (χ1) is 26.4. The Balaban J connectivity index is 1.10. The monoisotopic (exact) mass is 744 g/mol. The van der Waals surface area contributed by atoms with Crippen LogP contribution in [0.5, 0.6) is 0 Å². The van der Waals surface area contributed by atoms with Gasteiger partial charge >= 0.3 is 24.1 Å². The van der Waals surface area contributed by atoms with Crippen LogP contribution in [0.15, 0.2) is 140 Å². The zero-order chi connectivity index (χ0) is 37.5. The molecule has 5 aromatic rings. The summed E-state index contributed by atoms with van der Waals surface area (Å²) in [4.78, 5) is 52.8. The number of nitrogens with one attached hydrogen (secondary N) is 2. The van der Waals surface area contributed by atoms with Crippen molar-refractivity contribution in [2.75, 3.05) is 18.1 Å². The van der Waals surface area contributed by atoms with Crippen molar-refractivity contribution in [3.05, 3.63) is 167 Å². The van der Waals surface area contributed by atoms with Gasteiger partial charge in [0.2, 0.25) is 0 Å². The van der Waals surface area contributed by atoms with Crippen LogP contribution < -0.4 is 10.6 Å². The van der Waals surface area contributed by atoms with E-state index in [1.807, 2.05) is 140 Å². The van der Waals surface area contributed by atoms with Gasteiger partial charge in [-0.1, -0.05) is 140 Å². The number of carbonyl (C=O) groups excluding carboxylic acids is 4. The van der Waals surface area contributed by atoms with Gasteiger partial charge in [-0.25, -0.2) is 19.2 Å². The smallest absolute Gasteiger partial charge is 0.408 e. The van der Waals surface area contributed by atoms with Gasteiger partial charge < -0.3 is 29.6 Å². The number of carbonyl (C=O) groups is 4. The van der Waals surface area contributed by atoms with Crippen LogP contribution in [-0.2, 0) is 48.4 Å². The predicted octanol–water partition coefficient (Wildman–Crippen LogP) is 7.41. The summed E-state index contributed by atoms with van der Waals surface area (Å²) in [5, 5.41) is 5.27. The van der Waals surface area contributed by atoms with Crippen molar-refractivity contribution in [1.29, 1.82) is 0 Å². The van der Waals surface area contributed by atoms with Crippen molar-refractivity contribution in [2.24, 2.45) is 0 Å². The third-order valence-corrected chi connectivity index (χ3v) is 9.86. The maximum Gasteiger partial charge on any atom is 0.408 e. The molecule has 5 aromatic carbocycles. The van der Waals surface area contributed by atoms with E-state index in [1.165, 1.54) is 0 Å². The largest absolute Gasteiger partial charge is 0.459 e. The van der Waals surface area contributed by atoms with Crippen LogP contribution in [0.2, 0.25) is 0 Å². The molecule has 0 fully saturated rings. The van der Waals surface area contributed by atoms with E-state index < -0.39 is 36.2 Å². The first kappa shape index (κ1) is 37.7. The van der Waals surface area contributed by atoms with Crippen LogP contribution in [0, 0.1) is 0 Å². The molecule has 2 amide bonds. The second kappa shape index (κ2) is 19.1. The third-order valence-electron chi connectivity index (χ3n) is 8.73. The first-order valence-electron chi connectivity index (χ1n) is 17.5. The van der Waals surface area contributed by atoms with E-state index in [-0.39, 0.29) is 43.9 Å². The highest BCUT2D eigenvalue weighted by Gasteiger charge is 2.31. The molecule has 1 aliphatic rings. The van der Waals surface area contributed by atoms with Gasteiger partial charge in [-0.2, -0.15) is 11.8 Å². The number of fused-ring (bicyclic) bond motifs is 3. The van der Waals surface area contributed by atoms with E-state index in [4.69, 9.17) is 18.9 Å². The molecule has 10 nitrogen and oxygen atoms in total. The highest BCUT2D eigenvalue weighted by atomic mass is 32.2. The maximum absolute atomic E-state index is 13.4. The minimum atomic E-state index is -1.14. The molecule has 1 aliphatic carbocycles. The topological polar surface area (TPSA) is 129 Å². The fourth-order valence-electron chi connectivity index (χ4n) is 5.99. The van der Waals surface area contributed by atoms with E-state index in [1.54, 1.807) is 0 Å². The molecule has 0 saturated heterocycles. The summed E-state index contributed by atoms with van der Waals surface area (Å²) >= 11 is 1.15. The molecule has 11 heteroatoms. The molecule has 6 rings (SSSR count). The number of rotatable bonds is 16. The van der Waals surface area contributed by atoms with E-state index in [0.717, 1.165) is 50.7 Å². The summed E-state index contributed by atoms with van der Waals surface area (Å²) in [6, 6.07) is 41.2. The summed E-state index contributed by atoms with van der Waals surface area (Å²) < 4.78 is 22.2. The van der Waals surface area contributed by atoms with Crippen molar-refractivity contribution >= 4 is 35.9 Å². The Bertz CT molecular complexity index is 1970.